The first-order valence-electron chi connectivity index (χ1n) is 6.55. The molecule has 0 saturated heterocycles. The Hall–Kier alpha value is -1.63. The summed E-state index contributed by atoms with van der Waals surface area (Å²) in [5.41, 5.74) is 1.30. The Morgan fingerprint density at radius 1 is 1.30 bits per heavy atom. The Bertz CT molecular complexity index is 604. The predicted octanol–water partition coefficient (Wildman–Crippen LogP) is 2.15. The van der Waals surface area contributed by atoms with Gasteiger partial charge >= 0.3 is 0 Å². The monoisotopic (exact) mass is 339 g/mol. The lowest BCUT2D eigenvalue weighted by molar-refractivity contribution is 0.0776. The van der Waals surface area contributed by atoms with Crippen LogP contribution in [0.1, 0.15) is 30.0 Å². The molecule has 2 rings (SSSR count). The molecular formula is C13H18BrN5O. The molecule has 1 amide bonds. The minimum atomic E-state index is -0.102. The molecule has 2 aromatic rings. The molecule has 0 bridgehead atoms. The van der Waals surface area contributed by atoms with E-state index in [1.165, 1.54) is 0 Å². The fraction of sp³-hybridized carbons (Fsp3) is 0.462. The topological polar surface area (TPSA) is 56.0 Å². The van der Waals surface area contributed by atoms with E-state index in [9.17, 15) is 4.79 Å². The van der Waals surface area contributed by atoms with Crippen LogP contribution in [0, 0.1) is 0 Å². The Labute approximate surface area is 126 Å². The highest BCUT2D eigenvalue weighted by atomic mass is 79.9. The van der Waals surface area contributed by atoms with Crippen LogP contribution in [0.4, 0.5) is 0 Å². The van der Waals surface area contributed by atoms with Gasteiger partial charge in [0.1, 0.15) is 5.69 Å². The van der Waals surface area contributed by atoms with Crippen molar-refractivity contribution in [2.45, 2.75) is 33.5 Å². The largest absolute Gasteiger partial charge is 0.334 e. The number of aromatic nitrogens is 4. The molecule has 108 valence electrons. The maximum Gasteiger partial charge on any atom is 0.274 e. The quantitative estimate of drug-likeness (QED) is 0.838. The van der Waals surface area contributed by atoms with E-state index in [1.54, 1.807) is 22.7 Å². The predicted molar refractivity (Wildman–Crippen MR) is 79.3 cm³/mol. The van der Waals surface area contributed by atoms with Gasteiger partial charge in [0, 0.05) is 32.5 Å². The van der Waals surface area contributed by atoms with Crippen molar-refractivity contribution in [3.05, 3.63) is 34.3 Å². The standard InChI is InChI=1S/C13H18BrN5O/c1-4-18-7-6-11(15-18)13(20)17(3)9-12-10(14)8-19(5-2)16-12/h6-8H,4-5,9H2,1-3H3. The summed E-state index contributed by atoms with van der Waals surface area (Å²) < 4.78 is 4.49. The van der Waals surface area contributed by atoms with Gasteiger partial charge in [-0.25, -0.2) is 0 Å². The third-order valence-corrected chi connectivity index (χ3v) is 3.69. The van der Waals surface area contributed by atoms with Gasteiger partial charge in [0.05, 0.1) is 16.7 Å². The van der Waals surface area contributed by atoms with Crippen molar-refractivity contribution in [1.29, 1.82) is 0 Å². The number of carbonyl (C=O) groups is 1. The van der Waals surface area contributed by atoms with Gasteiger partial charge in [-0.15, -0.1) is 0 Å². The van der Waals surface area contributed by atoms with Crippen molar-refractivity contribution in [2.24, 2.45) is 0 Å². The molecule has 0 aromatic carbocycles. The van der Waals surface area contributed by atoms with Gasteiger partial charge in [0.15, 0.2) is 0 Å². The second-order valence-electron chi connectivity index (χ2n) is 4.50. The number of carbonyl (C=O) groups excluding carboxylic acids is 1. The van der Waals surface area contributed by atoms with E-state index in [2.05, 4.69) is 26.1 Å². The van der Waals surface area contributed by atoms with Crippen LogP contribution in [-0.2, 0) is 19.6 Å². The van der Waals surface area contributed by atoms with E-state index < -0.39 is 0 Å². The molecule has 0 fully saturated rings. The summed E-state index contributed by atoms with van der Waals surface area (Å²) in [7, 11) is 1.75. The molecule has 0 N–H and O–H groups in total. The van der Waals surface area contributed by atoms with Crippen LogP contribution in [0.2, 0.25) is 0 Å². The van der Waals surface area contributed by atoms with Crippen molar-refractivity contribution < 1.29 is 4.79 Å². The molecule has 6 nitrogen and oxygen atoms in total. The van der Waals surface area contributed by atoms with Crippen LogP contribution in [0.5, 0.6) is 0 Å². The fourth-order valence-corrected chi connectivity index (χ4v) is 2.29. The zero-order valence-electron chi connectivity index (χ0n) is 11.9. The molecule has 0 unspecified atom stereocenters. The van der Waals surface area contributed by atoms with E-state index in [1.807, 2.05) is 30.9 Å². The second-order valence-corrected chi connectivity index (χ2v) is 5.35. The molecule has 0 atom stereocenters. The summed E-state index contributed by atoms with van der Waals surface area (Å²) in [4.78, 5) is 13.9. The Balaban J connectivity index is 2.08. The Kier molecular flexibility index (Phi) is 4.59. The average molecular weight is 340 g/mol. The van der Waals surface area contributed by atoms with Gasteiger partial charge in [-0.05, 0) is 35.8 Å². The van der Waals surface area contributed by atoms with Gasteiger partial charge < -0.3 is 4.90 Å². The maximum atomic E-state index is 12.3. The van der Waals surface area contributed by atoms with E-state index in [0.29, 0.717) is 12.2 Å². The molecule has 0 radical (unpaired) electrons. The van der Waals surface area contributed by atoms with Crippen molar-refractivity contribution in [2.75, 3.05) is 7.05 Å². The Morgan fingerprint density at radius 3 is 2.55 bits per heavy atom. The van der Waals surface area contributed by atoms with E-state index >= 15 is 0 Å². The molecule has 0 aliphatic rings. The number of aryl methyl sites for hydroxylation is 2. The van der Waals surface area contributed by atoms with Crippen LogP contribution in [0.15, 0.2) is 22.9 Å². The number of halogens is 1. The lowest BCUT2D eigenvalue weighted by Crippen LogP contribution is -2.27. The summed E-state index contributed by atoms with van der Waals surface area (Å²) >= 11 is 3.47. The van der Waals surface area contributed by atoms with Crippen molar-refractivity contribution in [1.82, 2.24) is 24.5 Å². The highest BCUT2D eigenvalue weighted by Gasteiger charge is 2.17. The van der Waals surface area contributed by atoms with E-state index in [-0.39, 0.29) is 5.91 Å². The third-order valence-electron chi connectivity index (χ3n) is 3.03. The van der Waals surface area contributed by atoms with Crippen LogP contribution < -0.4 is 0 Å². The summed E-state index contributed by atoms with van der Waals surface area (Å²) in [6.07, 6.45) is 3.72. The first-order chi connectivity index (χ1) is 9.55. The zero-order chi connectivity index (χ0) is 14.7. The molecule has 0 saturated carbocycles. The lowest BCUT2D eigenvalue weighted by atomic mass is 10.3. The van der Waals surface area contributed by atoms with Crippen LogP contribution in [0.3, 0.4) is 0 Å². The zero-order valence-corrected chi connectivity index (χ0v) is 13.5. The average Bonchev–Trinajstić information content (AvgIpc) is 3.05. The molecule has 0 aliphatic heterocycles. The first kappa shape index (κ1) is 14.8. The van der Waals surface area contributed by atoms with Gasteiger partial charge in [0.2, 0.25) is 0 Å². The number of rotatable bonds is 5. The lowest BCUT2D eigenvalue weighted by Gasteiger charge is -2.14. The normalized spacial score (nSPS) is 10.8. The van der Waals surface area contributed by atoms with Crippen LogP contribution in [-0.4, -0.2) is 37.4 Å². The van der Waals surface area contributed by atoms with Crippen molar-refractivity contribution in [3.63, 3.8) is 0 Å². The smallest absolute Gasteiger partial charge is 0.274 e. The number of amides is 1. The molecule has 20 heavy (non-hydrogen) atoms. The summed E-state index contributed by atoms with van der Waals surface area (Å²) in [6.45, 7) is 6.01. The van der Waals surface area contributed by atoms with E-state index in [4.69, 9.17) is 0 Å². The summed E-state index contributed by atoms with van der Waals surface area (Å²) in [5.74, 6) is -0.102. The summed E-state index contributed by atoms with van der Waals surface area (Å²) in [5, 5.41) is 8.64. The van der Waals surface area contributed by atoms with Crippen LogP contribution in [0.25, 0.3) is 0 Å². The molecule has 7 heteroatoms. The van der Waals surface area contributed by atoms with Gasteiger partial charge in [0.25, 0.3) is 5.91 Å². The third kappa shape index (κ3) is 3.09. The molecule has 2 aromatic heterocycles. The minimum absolute atomic E-state index is 0.102. The van der Waals surface area contributed by atoms with Crippen LogP contribution >= 0.6 is 15.9 Å². The van der Waals surface area contributed by atoms with Gasteiger partial charge in [-0.1, -0.05) is 0 Å². The molecular weight excluding hydrogens is 322 g/mol. The highest BCUT2D eigenvalue weighted by Crippen LogP contribution is 2.17. The summed E-state index contributed by atoms with van der Waals surface area (Å²) in [6, 6.07) is 1.74. The Morgan fingerprint density at radius 2 is 2.00 bits per heavy atom. The number of hydrogen-bond donors (Lipinski definition) is 0. The number of hydrogen-bond acceptors (Lipinski definition) is 3. The SMILES string of the molecule is CCn1ccc(C(=O)N(C)Cc2nn(CC)cc2Br)n1. The fourth-order valence-electron chi connectivity index (χ4n) is 1.85. The van der Waals surface area contributed by atoms with Crippen molar-refractivity contribution >= 4 is 21.8 Å². The molecule has 2 heterocycles. The number of nitrogens with zero attached hydrogens (tertiary/aromatic N) is 5. The molecule has 0 aliphatic carbocycles. The van der Waals surface area contributed by atoms with Gasteiger partial charge in [-0.3, -0.25) is 14.2 Å². The maximum absolute atomic E-state index is 12.3. The molecule has 0 spiro atoms. The first-order valence-corrected chi connectivity index (χ1v) is 7.35. The van der Waals surface area contributed by atoms with Crippen molar-refractivity contribution in [3.8, 4) is 0 Å². The highest BCUT2D eigenvalue weighted by molar-refractivity contribution is 9.10. The van der Waals surface area contributed by atoms with Gasteiger partial charge in [-0.2, -0.15) is 10.2 Å². The van der Waals surface area contributed by atoms with E-state index in [0.717, 1.165) is 23.3 Å². The second kappa shape index (κ2) is 6.21. The minimum Gasteiger partial charge on any atom is -0.334 e.